The maximum absolute atomic E-state index is 12.9. The van der Waals surface area contributed by atoms with Crippen LogP contribution in [0, 0.1) is 0 Å². The predicted molar refractivity (Wildman–Crippen MR) is 78.3 cm³/mol. The quantitative estimate of drug-likeness (QED) is 0.850. The summed E-state index contributed by atoms with van der Waals surface area (Å²) in [5.74, 6) is -1.69. The molecule has 22 heavy (non-hydrogen) atoms. The first-order valence-corrected chi connectivity index (χ1v) is 7.12. The van der Waals surface area contributed by atoms with E-state index in [9.17, 15) is 18.0 Å². The number of alkyl halides is 3. The molecular formula is C15H16ClF3O3. The number of aliphatic carboxylic acids is 1. The molecule has 1 aromatic rings. The Kier molecular flexibility index (Phi) is 5.88. The average Bonchev–Trinajstić information content (AvgIpc) is 2.46. The first kappa shape index (κ1) is 18.4. The maximum Gasteiger partial charge on any atom is 0.430 e. The molecule has 1 atom stereocenters. The number of carboxylic acid groups (broad SMARTS) is 1. The van der Waals surface area contributed by atoms with Gasteiger partial charge in [-0.3, -0.25) is 0 Å². The number of hydrogen-bond donors (Lipinski definition) is 1. The summed E-state index contributed by atoms with van der Waals surface area (Å²) >= 11 is 5.96. The number of aryl methyl sites for hydroxylation is 1. The summed E-state index contributed by atoms with van der Waals surface area (Å²) in [6, 6.07) is 2.82. The Labute approximate surface area is 131 Å². The van der Waals surface area contributed by atoms with Crippen molar-refractivity contribution < 1.29 is 27.8 Å². The van der Waals surface area contributed by atoms with Crippen LogP contribution < -0.4 is 4.74 Å². The molecule has 7 heteroatoms. The van der Waals surface area contributed by atoms with E-state index in [4.69, 9.17) is 21.4 Å². The second-order valence-corrected chi connectivity index (χ2v) is 4.69. The van der Waals surface area contributed by atoms with E-state index in [1.807, 2.05) is 13.8 Å². The fourth-order valence-corrected chi connectivity index (χ4v) is 2.25. The maximum atomic E-state index is 12.9. The first-order chi connectivity index (χ1) is 10.2. The molecular weight excluding hydrogens is 321 g/mol. The van der Waals surface area contributed by atoms with Crippen LogP contribution in [0.2, 0.25) is 5.02 Å². The highest BCUT2D eigenvalue weighted by Crippen LogP contribution is 2.39. The molecule has 0 aromatic heterocycles. The van der Waals surface area contributed by atoms with Crippen LogP contribution in [-0.2, 0) is 11.2 Å². The monoisotopic (exact) mass is 336 g/mol. The molecule has 0 saturated heterocycles. The predicted octanol–water partition coefficient (Wildman–Crippen LogP) is 4.72. The van der Waals surface area contributed by atoms with Crippen LogP contribution in [0.25, 0.3) is 6.08 Å². The molecule has 1 unspecified atom stereocenters. The highest BCUT2D eigenvalue weighted by atomic mass is 35.5. The lowest BCUT2D eigenvalue weighted by molar-refractivity contribution is -0.187. The second-order valence-electron chi connectivity index (χ2n) is 4.28. The van der Waals surface area contributed by atoms with Crippen molar-refractivity contribution in [2.75, 3.05) is 0 Å². The van der Waals surface area contributed by atoms with E-state index in [1.54, 1.807) is 6.92 Å². The molecule has 1 N–H and O–H groups in total. The molecule has 0 amide bonds. The van der Waals surface area contributed by atoms with Gasteiger partial charge in [0.05, 0.1) is 5.57 Å². The minimum absolute atomic E-state index is 0.0152. The van der Waals surface area contributed by atoms with Gasteiger partial charge in [-0.05, 0) is 30.2 Å². The number of rotatable bonds is 2. The van der Waals surface area contributed by atoms with Gasteiger partial charge in [0.15, 0.2) is 0 Å². The molecule has 1 aliphatic rings. The Morgan fingerprint density at radius 2 is 1.95 bits per heavy atom. The number of hydrogen-bond acceptors (Lipinski definition) is 2. The molecule has 0 fully saturated rings. The molecule has 0 aliphatic carbocycles. The molecule has 2 rings (SSSR count). The van der Waals surface area contributed by atoms with E-state index in [-0.39, 0.29) is 11.3 Å². The van der Waals surface area contributed by atoms with E-state index < -0.39 is 23.8 Å². The molecule has 122 valence electrons. The number of carbonyl (C=O) groups is 1. The van der Waals surface area contributed by atoms with Gasteiger partial charge in [0.25, 0.3) is 0 Å². The summed E-state index contributed by atoms with van der Waals surface area (Å²) < 4.78 is 43.4. The van der Waals surface area contributed by atoms with Crippen LogP contribution >= 0.6 is 11.6 Å². The number of benzene rings is 1. The Morgan fingerprint density at radius 1 is 1.36 bits per heavy atom. The van der Waals surface area contributed by atoms with Gasteiger partial charge in [-0.1, -0.05) is 32.4 Å². The van der Waals surface area contributed by atoms with Gasteiger partial charge in [-0.2, -0.15) is 13.2 Å². The van der Waals surface area contributed by atoms with Crippen molar-refractivity contribution in [3.05, 3.63) is 33.9 Å². The fourth-order valence-electron chi connectivity index (χ4n) is 1.95. The van der Waals surface area contributed by atoms with Crippen LogP contribution in [0.15, 0.2) is 17.7 Å². The molecule has 0 bridgehead atoms. The number of halogens is 4. The summed E-state index contributed by atoms with van der Waals surface area (Å²) in [6.45, 7) is 5.80. The zero-order chi connectivity index (χ0) is 17.1. The van der Waals surface area contributed by atoms with E-state index in [2.05, 4.69) is 0 Å². The van der Waals surface area contributed by atoms with E-state index >= 15 is 0 Å². The summed E-state index contributed by atoms with van der Waals surface area (Å²) in [5.41, 5.74) is 0.00827. The van der Waals surface area contributed by atoms with Crippen molar-refractivity contribution in [2.45, 2.75) is 39.5 Å². The van der Waals surface area contributed by atoms with Gasteiger partial charge in [0, 0.05) is 10.6 Å². The van der Waals surface area contributed by atoms with Crippen LogP contribution in [-0.4, -0.2) is 23.4 Å². The SMILES string of the molecule is CC.CCc1cc2c(cc1Cl)C=C(C(=O)O)C(C(F)(F)F)O2. The Hall–Kier alpha value is -1.69. The molecule has 0 radical (unpaired) electrons. The van der Waals surface area contributed by atoms with Gasteiger partial charge in [-0.25, -0.2) is 4.79 Å². The topological polar surface area (TPSA) is 46.5 Å². The standard InChI is InChI=1S/C13H10ClF3O3.C2H6/c1-2-6-5-10-7(4-9(6)14)3-8(12(18)19)11(20-10)13(15,16)17;1-2/h3-5,11H,2H2,1H3,(H,18,19);1-2H3. The van der Waals surface area contributed by atoms with Crippen molar-refractivity contribution in [3.63, 3.8) is 0 Å². The Morgan fingerprint density at radius 3 is 2.41 bits per heavy atom. The van der Waals surface area contributed by atoms with Crippen molar-refractivity contribution in [2.24, 2.45) is 0 Å². The van der Waals surface area contributed by atoms with Crippen LogP contribution in [0.5, 0.6) is 5.75 Å². The van der Waals surface area contributed by atoms with Crippen LogP contribution in [0.3, 0.4) is 0 Å². The number of fused-ring (bicyclic) bond motifs is 1. The molecule has 0 spiro atoms. The zero-order valence-corrected chi connectivity index (χ0v) is 13.0. The first-order valence-electron chi connectivity index (χ1n) is 6.74. The minimum atomic E-state index is -4.80. The highest BCUT2D eigenvalue weighted by molar-refractivity contribution is 6.31. The minimum Gasteiger partial charge on any atom is -0.478 e. The van der Waals surface area contributed by atoms with Crippen LogP contribution in [0.1, 0.15) is 31.9 Å². The van der Waals surface area contributed by atoms with Gasteiger partial charge < -0.3 is 9.84 Å². The largest absolute Gasteiger partial charge is 0.478 e. The third-order valence-corrected chi connectivity index (χ3v) is 3.29. The smallest absolute Gasteiger partial charge is 0.430 e. The lowest BCUT2D eigenvalue weighted by Gasteiger charge is -2.27. The second kappa shape index (κ2) is 7.05. The fraction of sp³-hybridized carbons (Fsp3) is 0.400. The van der Waals surface area contributed by atoms with Crippen LogP contribution in [0.4, 0.5) is 13.2 Å². The molecule has 1 heterocycles. The van der Waals surface area contributed by atoms with Crippen molar-refractivity contribution in [3.8, 4) is 5.75 Å². The van der Waals surface area contributed by atoms with Crippen molar-refractivity contribution in [1.29, 1.82) is 0 Å². The van der Waals surface area contributed by atoms with Gasteiger partial charge in [0.2, 0.25) is 6.10 Å². The van der Waals surface area contributed by atoms with Gasteiger partial charge in [0.1, 0.15) is 5.75 Å². The van der Waals surface area contributed by atoms with E-state index in [0.29, 0.717) is 17.0 Å². The van der Waals surface area contributed by atoms with Gasteiger partial charge in [-0.15, -0.1) is 0 Å². The third kappa shape index (κ3) is 3.74. The summed E-state index contributed by atoms with van der Waals surface area (Å²) in [4.78, 5) is 10.9. The number of carboxylic acids is 1. The van der Waals surface area contributed by atoms with Crippen molar-refractivity contribution >= 4 is 23.6 Å². The molecule has 1 aromatic carbocycles. The summed E-state index contributed by atoms with van der Waals surface area (Å²) in [5, 5.41) is 9.25. The lowest BCUT2D eigenvalue weighted by Crippen LogP contribution is -2.40. The highest BCUT2D eigenvalue weighted by Gasteiger charge is 2.48. The Balaban J connectivity index is 0.00000116. The Bertz CT molecular complexity index is 594. The lowest BCUT2D eigenvalue weighted by atomic mass is 9.99. The summed E-state index contributed by atoms with van der Waals surface area (Å²) in [6.07, 6.45) is -5.79. The summed E-state index contributed by atoms with van der Waals surface area (Å²) in [7, 11) is 0. The third-order valence-electron chi connectivity index (χ3n) is 2.94. The molecule has 3 nitrogen and oxygen atoms in total. The van der Waals surface area contributed by atoms with E-state index in [0.717, 1.165) is 6.08 Å². The average molecular weight is 337 g/mol. The number of ether oxygens (including phenoxy) is 1. The molecule has 0 saturated carbocycles. The van der Waals surface area contributed by atoms with Gasteiger partial charge >= 0.3 is 12.1 Å². The van der Waals surface area contributed by atoms with E-state index in [1.165, 1.54) is 12.1 Å². The van der Waals surface area contributed by atoms with Crippen molar-refractivity contribution in [1.82, 2.24) is 0 Å². The normalized spacial score (nSPS) is 16.7. The zero-order valence-electron chi connectivity index (χ0n) is 12.3. The molecule has 1 aliphatic heterocycles.